The molecule has 0 radical (unpaired) electrons. The molecule has 1 atom stereocenters. The Bertz CT molecular complexity index is 502. The normalized spacial score (nSPS) is 25.0. The standard InChI is InChI=1S/C13H19N3O5/c1-13(2)11(20)16(12(21)14-13)7-9(17)15-5-3-4-8(6-15)10(18)19/h8H,3-7H2,1-2H3,(H,14,21)(H,18,19). The van der Waals surface area contributed by atoms with Crippen molar-refractivity contribution in [2.75, 3.05) is 19.6 Å². The minimum atomic E-state index is -1.01. The summed E-state index contributed by atoms with van der Waals surface area (Å²) >= 11 is 0. The van der Waals surface area contributed by atoms with Crippen molar-refractivity contribution in [3.63, 3.8) is 0 Å². The average molecular weight is 297 g/mol. The second-order valence-corrected chi connectivity index (χ2v) is 5.96. The number of amides is 4. The first-order valence-electron chi connectivity index (χ1n) is 6.87. The number of rotatable bonds is 3. The fraction of sp³-hybridized carbons (Fsp3) is 0.692. The molecule has 8 heteroatoms. The average Bonchev–Trinajstić information content (AvgIpc) is 2.61. The number of urea groups is 1. The summed E-state index contributed by atoms with van der Waals surface area (Å²) in [5, 5.41) is 11.5. The van der Waals surface area contributed by atoms with Gasteiger partial charge in [0, 0.05) is 13.1 Å². The highest BCUT2D eigenvalue weighted by Gasteiger charge is 2.45. The van der Waals surface area contributed by atoms with Gasteiger partial charge in [-0.2, -0.15) is 0 Å². The first-order chi connectivity index (χ1) is 9.72. The van der Waals surface area contributed by atoms with Crippen molar-refractivity contribution in [3.05, 3.63) is 0 Å². The largest absolute Gasteiger partial charge is 0.481 e. The van der Waals surface area contributed by atoms with E-state index in [-0.39, 0.29) is 13.1 Å². The van der Waals surface area contributed by atoms with Crippen LogP contribution in [0.15, 0.2) is 0 Å². The van der Waals surface area contributed by atoms with Crippen molar-refractivity contribution in [3.8, 4) is 0 Å². The molecule has 0 aliphatic carbocycles. The van der Waals surface area contributed by atoms with E-state index in [0.29, 0.717) is 19.4 Å². The van der Waals surface area contributed by atoms with Gasteiger partial charge in [0.2, 0.25) is 5.91 Å². The number of hydrogen-bond donors (Lipinski definition) is 2. The van der Waals surface area contributed by atoms with Crippen LogP contribution in [0.3, 0.4) is 0 Å². The Morgan fingerprint density at radius 2 is 2.05 bits per heavy atom. The van der Waals surface area contributed by atoms with Crippen LogP contribution < -0.4 is 5.32 Å². The fourth-order valence-electron chi connectivity index (χ4n) is 2.60. The molecule has 2 aliphatic rings. The zero-order valence-electron chi connectivity index (χ0n) is 12.1. The number of carbonyl (C=O) groups excluding carboxylic acids is 3. The van der Waals surface area contributed by atoms with Gasteiger partial charge in [-0.25, -0.2) is 4.79 Å². The molecule has 21 heavy (non-hydrogen) atoms. The second-order valence-electron chi connectivity index (χ2n) is 5.96. The third-order valence-electron chi connectivity index (χ3n) is 3.86. The number of imide groups is 1. The number of carboxylic acids is 1. The van der Waals surface area contributed by atoms with Crippen molar-refractivity contribution in [1.82, 2.24) is 15.1 Å². The minimum absolute atomic E-state index is 0.126. The molecule has 2 fully saturated rings. The lowest BCUT2D eigenvalue weighted by Gasteiger charge is -2.31. The Labute approximate surface area is 122 Å². The van der Waals surface area contributed by atoms with Gasteiger partial charge in [-0.1, -0.05) is 0 Å². The van der Waals surface area contributed by atoms with Gasteiger partial charge in [0.1, 0.15) is 12.1 Å². The zero-order valence-corrected chi connectivity index (χ0v) is 12.1. The Hall–Kier alpha value is -2.12. The van der Waals surface area contributed by atoms with Crippen LogP contribution in [-0.2, 0) is 14.4 Å². The number of nitrogens with zero attached hydrogens (tertiary/aromatic N) is 2. The van der Waals surface area contributed by atoms with E-state index in [0.717, 1.165) is 4.90 Å². The number of aliphatic carboxylic acids is 1. The molecule has 2 heterocycles. The lowest BCUT2D eigenvalue weighted by Crippen LogP contribution is -2.48. The number of carbonyl (C=O) groups is 4. The molecule has 0 aromatic carbocycles. The first-order valence-corrected chi connectivity index (χ1v) is 6.87. The van der Waals surface area contributed by atoms with E-state index in [2.05, 4.69) is 5.32 Å². The lowest BCUT2D eigenvalue weighted by molar-refractivity contribution is -0.147. The Morgan fingerprint density at radius 1 is 1.38 bits per heavy atom. The second kappa shape index (κ2) is 5.34. The van der Waals surface area contributed by atoms with Crippen molar-refractivity contribution in [2.45, 2.75) is 32.2 Å². The molecule has 0 aromatic rings. The number of nitrogens with one attached hydrogen (secondary N) is 1. The van der Waals surface area contributed by atoms with Crippen LogP contribution in [0.1, 0.15) is 26.7 Å². The topological polar surface area (TPSA) is 107 Å². The molecule has 0 spiro atoms. The molecule has 2 rings (SSSR count). The maximum Gasteiger partial charge on any atom is 0.325 e. The molecule has 4 amide bonds. The molecule has 2 saturated heterocycles. The van der Waals surface area contributed by atoms with Gasteiger partial charge in [-0.05, 0) is 26.7 Å². The van der Waals surface area contributed by atoms with E-state index in [4.69, 9.17) is 5.11 Å². The van der Waals surface area contributed by atoms with E-state index in [1.165, 1.54) is 4.90 Å². The minimum Gasteiger partial charge on any atom is -0.481 e. The number of carboxylic acid groups (broad SMARTS) is 1. The molecule has 2 N–H and O–H groups in total. The van der Waals surface area contributed by atoms with Gasteiger partial charge >= 0.3 is 12.0 Å². The first kappa shape index (κ1) is 15.3. The predicted molar refractivity (Wildman–Crippen MR) is 71.3 cm³/mol. The molecule has 0 saturated carbocycles. The van der Waals surface area contributed by atoms with E-state index in [1.807, 2.05) is 0 Å². The molecule has 2 aliphatic heterocycles. The Balaban J connectivity index is 2.00. The molecular formula is C13H19N3O5. The van der Waals surface area contributed by atoms with Crippen molar-refractivity contribution >= 4 is 23.8 Å². The number of likely N-dealkylation sites (tertiary alicyclic amines) is 1. The van der Waals surface area contributed by atoms with Crippen LogP contribution in [0.4, 0.5) is 4.79 Å². The maximum atomic E-state index is 12.2. The van der Waals surface area contributed by atoms with Gasteiger partial charge < -0.3 is 15.3 Å². The van der Waals surface area contributed by atoms with Crippen LogP contribution in [0.25, 0.3) is 0 Å². The van der Waals surface area contributed by atoms with Crippen LogP contribution in [-0.4, -0.2) is 63.9 Å². The molecule has 1 unspecified atom stereocenters. The van der Waals surface area contributed by atoms with E-state index < -0.39 is 35.3 Å². The summed E-state index contributed by atoms with van der Waals surface area (Å²) in [4.78, 5) is 49.2. The van der Waals surface area contributed by atoms with Crippen molar-refractivity contribution in [1.29, 1.82) is 0 Å². The van der Waals surface area contributed by atoms with Gasteiger partial charge in [-0.3, -0.25) is 19.3 Å². The summed E-state index contributed by atoms with van der Waals surface area (Å²) in [7, 11) is 0. The van der Waals surface area contributed by atoms with Crippen molar-refractivity contribution < 1.29 is 24.3 Å². The number of hydrogen-bond acceptors (Lipinski definition) is 4. The van der Waals surface area contributed by atoms with E-state index in [9.17, 15) is 19.2 Å². The summed E-state index contributed by atoms with van der Waals surface area (Å²) in [5.74, 6) is -2.36. The SMILES string of the molecule is CC1(C)NC(=O)N(CC(=O)N2CCCC(C(=O)O)C2)C1=O. The Kier molecular flexibility index (Phi) is 3.89. The zero-order chi connectivity index (χ0) is 15.8. The van der Waals surface area contributed by atoms with Crippen molar-refractivity contribution in [2.24, 2.45) is 5.92 Å². The van der Waals surface area contributed by atoms with Crippen LogP contribution in [0.5, 0.6) is 0 Å². The van der Waals surface area contributed by atoms with E-state index >= 15 is 0 Å². The summed E-state index contributed by atoms with van der Waals surface area (Å²) in [6.45, 7) is 3.37. The summed E-state index contributed by atoms with van der Waals surface area (Å²) in [5.41, 5.74) is -1.01. The quantitative estimate of drug-likeness (QED) is 0.692. The third-order valence-corrected chi connectivity index (χ3v) is 3.86. The highest BCUT2D eigenvalue weighted by Crippen LogP contribution is 2.19. The summed E-state index contributed by atoms with van der Waals surface area (Å²) in [6.07, 6.45) is 1.14. The van der Waals surface area contributed by atoms with Gasteiger partial charge in [-0.15, -0.1) is 0 Å². The maximum absolute atomic E-state index is 12.2. The van der Waals surface area contributed by atoms with Gasteiger partial charge in [0.15, 0.2) is 0 Å². The molecule has 8 nitrogen and oxygen atoms in total. The van der Waals surface area contributed by atoms with Gasteiger partial charge in [0.25, 0.3) is 5.91 Å². The number of piperidine rings is 1. The lowest BCUT2D eigenvalue weighted by atomic mass is 9.98. The molecule has 0 aromatic heterocycles. The monoisotopic (exact) mass is 297 g/mol. The highest BCUT2D eigenvalue weighted by molar-refractivity contribution is 6.08. The van der Waals surface area contributed by atoms with Crippen LogP contribution in [0, 0.1) is 5.92 Å². The third kappa shape index (κ3) is 2.98. The van der Waals surface area contributed by atoms with Crippen LogP contribution >= 0.6 is 0 Å². The highest BCUT2D eigenvalue weighted by atomic mass is 16.4. The summed E-state index contributed by atoms with van der Waals surface area (Å²) < 4.78 is 0. The molecular weight excluding hydrogens is 278 g/mol. The van der Waals surface area contributed by atoms with Gasteiger partial charge in [0.05, 0.1) is 5.92 Å². The smallest absolute Gasteiger partial charge is 0.325 e. The fourth-order valence-corrected chi connectivity index (χ4v) is 2.60. The molecule has 0 bridgehead atoms. The Morgan fingerprint density at radius 3 is 2.57 bits per heavy atom. The predicted octanol–water partition coefficient (Wildman–Crippen LogP) is -0.360. The molecule has 116 valence electrons. The summed E-state index contributed by atoms with van der Waals surface area (Å²) in [6, 6.07) is -0.592. The van der Waals surface area contributed by atoms with Crippen LogP contribution in [0.2, 0.25) is 0 Å². The van der Waals surface area contributed by atoms with E-state index in [1.54, 1.807) is 13.8 Å².